The summed E-state index contributed by atoms with van der Waals surface area (Å²) in [5.41, 5.74) is 2.17. The van der Waals surface area contributed by atoms with E-state index in [2.05, 4.69) is 48.1 Å². The van der Waals surface area contributed by atoms with Crippen LogP contribution in [0.3, 0.4) is 0 Å². The van der Waals surface area contributed by atoms with Crippen molar-refractivity contribution in [3.63, 3.8) is 0 Å². The van der Waals surface area contributed by atoms with Gasteiger partial charge in [0.1, 0.15) is 0 Å². The van der Waals surface area contributed by atoms with E-state index in [0.717, 1.165) is 43.7 Å². The first-order valence-electron chi connectivity index (χ1n) is 7.78. The first kappa shape index (κ1) is 16.9. The van der Waals surface area contributed by atoms with Crippen LogP contribution in [0.15, 0.2) is 18.3 Å². The minimum Gasteiger partial charge on any atom is -0.395 e. The molecule has 0 spiro atoms. The average Bonchev–Trinajstić information content (AvgIpc) is 2.49. The van der Waals surface area contributed by atoms with Crippen molar-refractivity contribution in [1.82, 2.24) is 10.3 Å². The van der Waals surface area contributed by atoms with Gasteiger partial charge in [0, 0.05) is 19.1 Å². The van der Waals surface area contributed by atoms with Crippen LogP contribution in [0.5, 0.6) is 0 Å². The smallest absolute Gasteiger partial charge is 0.0606 e. The van der Waals surface area contributed by atoms with Gasteiger partial charge in [-0.05, 0) is 38.4 Å². The van der Waals surface area contributed by atoms with Crippen LogP contribution in [-0.4, -0.2) is 36.3 Å². The Morgan fingerprint density at radius 2 is 2.05 bits per heavy atom. The maximum absolute atomic E-state index is 9.17. The van der Waals surface area contributed by atoms with Crippen molar-refractivity contribution in [3.05, 3.63) is 24.0 Å². The first-order valence-corrected chi connectivity index (χ1v) is 7.78. The number of nitrogens with one attached hydrogen (secondary N) is 1. The molecule has 1 unspecified atom stereocenters. The Kier molecular flexibility index (Phi) is 8.23. The highest BCUT2D eigenvalue weighted by Gasteiger charge is 2.09. The topological polar surface area (TPSA) is 48.4 Å². The zero-order valence-electron chi connectivity index (χ0n) is 13.1. The van der Waals surface area contributed by atoms with Gasteiger partial charge < -0.3 is 15.3 Å². The van der Waals surface area contributed by atoms with Crippen LogP contribution in [-0.2, 0) is 0 Å². The number of hydrogen-bond donors (Lipinski definition) is 2. The standard InChI is InChI=1S/C16H29N3O/c1-4-6-10-19(11-12-20)15-7-8-16(18-13-15)14(3)17-9-5-2/h7-8,13-14,17,20H,4-6,9-12H2,1-3H3. The van der Waals surface area contributed by atoms with E-state index in [-0.39, 0.29) is 12.6 Å². The Morgan fingerprint density at radius 1 is 1.25 bits per heavy atom. The summed E-state index contributed by atoms with van der Waals surface area (Å²) >= 11 is 0. The van der Waals surface area contributed by atoms with Crippen molar-refractivity contribution < 1.29 is 5.11 Å². The van der Waals surface area contributed by atoms with Crippen molar-refractivity contribution in [2.45, 2.75) is 46.1 Å². The maximum atomic E-state index is 9.17. The Hall–Kier alpha value is -1.13. The lowest BCUT2D eigenvalue weighted by Crippen LogP contribution is -2.28. The molecule has 4 heteroatoms. The van der Waals surface area contributed by atoms with E-state index in [9.17, 15) is 0 Å². The number of nitrogens with zero attached hydrogens (tertiary/aromatic N) is 2. The van der Waals surface area contributed by atoms with Gasteiger partial charge in [0.15, 0.2) is 0 Å². The Morgan fingerprint density at radius 3 is 2.60 bits per heavy atom. The molecule has 20 heavy (non-hydrogen) atoms. The average molecular weight is 279 g/mol. The summed E-state index contributed by atoms with van der Waals surface area (Å²) in [5.74, 6) is 0. The van der Waals surface area contributed by atoms with Crippen molar-refractivity contribution in [3.8, 4) is 0 Å². The fourth-order valence-corrected chi connectivity index (χ4v) is 2.15. The van der Waals surface area contributed by atoms with Crippen molar-refractivity contribution in [1.29, 1.82) is 0 Å². The summed E-state index contributed by atoms with van der Waals surface area (Å²) in [7, 11) is 0. The number of hydrogen-bond acceptors (Lipinski definition) is 4. The van der Waals surface area contributed by atoms with Crippen LogP contribution < -0.4 is 10.2 Å². The molecule has 0 fully saturated rings. The van der Waals surface area contributed by atoms with Gasteiger partial charge in [0.2, 0.25) is 0 Å². The lowest BCUT2D eigenvalue weighted by Gasteiger charge is -2.24. The number of pyridine rings is 1. The van der Waals surface area contributed by atoms with E-state index < -0.39 is 0 Å². The van der Waals surface area contributed by atoms with Gasteiger partial charge in [-0.15, -0.1) is 0 Å². The van der Waals surface area contributed by atoms with Crippen molar-refractivity contribution >= 4 is 5.69 Å². The largest absolute Gasteiger partial charge is 0.395 e. The highest BCUT2D eigenvalue weighted by molar-refractivity contribution is 5.44. The van der Waals surface area contributed by atoms with Crippen LogP contribution in [0.4, 0.5) is 5.69 Å². The highest BCUT2D eigenvalue weighted by atomic mass is 16.3. The number of aromatic nitrogens is 1. The zero-order chi connectivity index (χ0) is 14.8. The van der Waals surface area contributed by atoms with Crippen LogP contribution in [0.1, 0.15) is 51.8 Å². The molecule has 0 aliphatic heterocycles. The van der Waals surface area contributed by atoms with E-state index >= 15 is 0 Å². The molecule has 0 aliphatic carbocycles. The monoisotopic (exact) mass is 279 g/mol. The summed E-state index contributed by atoms with van der Waals surface area (Å²) in [6.45, 7) is 9.32. The molecular formula is C16H29N3O. The normalized spacial score (nSPS) is 12.4. The summed E-state index contributed by atoms with van der Waals surface area (Å²) < 4.78 is 0. The van der Waals surface area contributed by atoms with Crippen LogP contribution in [0, 0.1) is 0 Å². The maximum Gasteiger partial charge on any atom is 0.0606 e. The van der Waals surface area contributed by atoms with Gasteiger partial charge in [-0.25, -0.2) is 0 Å². The van der Waals surface area contributed by atoms with Crippen molar-refractivity contribution in [2.75, 3.05) is 31.1 Å². The second-order valence-electron chi connectivity index (χ2n) is 5.18. The van der Waals surface area contributed by atoms with E-state index in [1.807, 2.05) is 6.20 Å². The van der Waals surface area contributed by atoms with Crippen molar-refractivity contribution in [2.24, 2.45) is 0 Å². The third-order valence-corrected chi connectivity index (χ3v) is 3.43. The van der Waals surface area contributed by atoms with Crippen LogP contribution in [0.25, 0.3) is 0 Å². The van der Waals surface area contributed by atoms with Gasteiger partial charge in [-0.1, -0.05) is 20.3 Å². The van der Waals surface area contributed by atoms with Gasteiger partial charge in [0.05, 0.1) is 24.2 Å². The predicted molar refractivity (Wildman–Crippen MR) is 85.2 cm³/mol. The van der Waals surface area contributed by atoms with Crippen LogP contribution in [0.2, 0.25) is 0 Å². The molecule has 1 aromatic heterocycles. The third kappa shape index (κ3) is 5.47. The summed E-state index contributed by atoms with van der Waals surface area (Å²) in [6, 6.07) is 4.47. The van der Waals surface area contributed by atoms with E-state index in [1.54, 1.807) is 0 Å². The summed E-state index contributed by atoms with van der Waals surface area (Å²) in [6.07, 6.45) is 5.34. The van der Waals surface area contributed by atoms with Gasteiger partial charge in [-0.3, -0.25) is 4.98 Å². The summed E-state index contributed by atoms with van der Waals surface area (Å²) in [5, 5.41) is 12.6. The molecular weight excluding hydrogens is 250 g/mol. The second kappa shape index (κ2) is 9.72. The number of unbranched alkanes of at least 4 members (excludes halogenated alkanes) is 1. The molecule has 1 aromatic rings. The van der Waals surface area contributed by atoms with Gasteiger partial charge in [-0.2, -0.15) is 0 Å². The molecule has 0 aliphatic rings. The van der Waals surface area contributed by atoms with Crippen LogP contribution >= 0.6 is 0 Å². The second-order valence-corrected chi connectivity index (χ2v) is 5.18. The van der Waals surface area contributed by atoms with E-state index in [4.69, 9.17) is 5.11 Å². The fraction of sp³-hybridized carbons (Fsp3) is 0.688. The quantitative estimate of drug-likeness (QED) is 0.691. The molecule has 1 atom stereocenters. The molecule has 0 radical (unpaired) electrons. The summed E-state index contributed by atoms with van der Waals surface area (Å²) in [4.78, 5) is 6.76. The molecule has 114 valence electrons. The van der Waals surface area contributed by atoms with Gasteiger partial charge in [0.25, 0.3) is 0 Å². The zero-order valence-corrected chi connectivity index (χ0v) is 13.1. The lowest BCUT2D eigenvalue weighted by atomic mass is 10.2. The SMILES string of the molecule is CCCCN(CCO)c1ccc(C(C)NCCC)nc1. The highest BCUT2D eigenvalue weighted by Crippen LogP contribution is 2.17. The number of anilines is 1. The number of aliphatic hydroxyl groups excluding tert-OH is 1. The number of rotatable bonds is 10. The van der Waals surface area contributed by atoms with E-state index in [0.29, 0.717) is 6.54 Å². The molecule has 0 saturated carbocycles. The Balaban J connectivity index is 2.66. The molecule has 1 rings (SSSR count). The predicted octanol–water partition coefficient (Wildman–Crippen LogP) is 2.74. The molecule has 0 amide bonds. The van der Waals surface area contributed by atoms with Gasteiger partial charge >= 0.3 is 0 Å². The minimum atomic E-state index is 0.180. The van der Waals surface area contributed by atoms with E-state index in [1.165, 1.54) is 0 Å². The molecule has 0 saturated heterocycles. The Bertz CT molecular complexity index is 353. The molecule has 4 nitrogen and oxygen atoms in total. The molecule has 2 N–H and O–H groups in total. The minimum absolute atomic E-state index is 0.180. The third-order valence-electron chi connectivity index (χ3n) is 3.43. The molecule has 0 aromatic carbocycles. The molecule has 0 bridgehead atoms. The fourth-order valence-electron chi connectivity index (χ4n) is 2.15. The Labute approximate surface area is 123 Å². The molecule has 1 heterocycles. The first-order chi connectivity index (χ1) is 9.72. The lowest BCUT2D eigenvalue weighted by molar-refractivity contribution is 0.301. The number of aliphatic hydroxyl groups is 1.